The van der Waals surface area contributed by atoms with E-state index >= 15 is 0 Å². The second-order valence-electron chi connectivity index (χ2n) is 33.0. The van der Waals surface area contributed by atoms with Gasteiger partial charge >= 0.3 is 0 Å². The summed E-state index contributed by atoms with van der Waals surface area (Å²) in [4.78, 5) is 57.8. The summed E-state index contributed by atoms with van der Waals surface area (Å²) >= 11 is 6.95. The zero-order valence-corrected chi connectivity index (χ0v) is 67.2. The Labute approximate surface area is 694 Å². The highest BCUT2D eigenvalue weighted by Crippen LogP contribution is 2.63. The highest BCUT2D eigenvalue weighted by Gasteiger charge is 2.62. The van der Waals surface area contributed by atoms with E-state index in [9.17, 15) is 19.2 Å². The summed E-state index contributed by atoms with van der Waals surface area (Å²) in [5.74, 6) is 4.69. The third kappa shape index (κ3) is 13.1. The standard InChI is InChI=1S/C31H26O.C27H18OS2.C27H26O.C23H14OS2/c32-31-29-26-18-16-24(14-12-22-9-5-2-6-10-22)20-28(26)30(31)25-17-15-23(19-27(25)29)13-11-21-7-3-1-4-8-21;28-27-25-22-12-8-18(6-10-20-4-2-14-30-20)16-24(22)26(27)21-11-7-17(15-23(21)25)5-9-19-3-1-13-29-19;28-27-25-22-14-12-20(18-9-5-2-6-10-18)16-24(22)26(27)21-13-11-19(15-23(21)25)17-7-3-1-4-8-17;24-23-21-16-8-6-14(20-4-2-10-26-20)12-18(16)22(23)15-7-5-13(11-17(15)21)19-3-1-9-25-19/h1-9,11-20,22,26,28-30H,10H2;1-16,25-26H;1,3-5,7,9-17,21-26H,2,6,8H2;1-12,21-22H/b13-11+,14-12+;9-5+,10-6+;;/t22?,26?,28?,29-,30-;25-,26-;17?,21?,22?,23?,24?,25-,26-;21-,22-/m1111/s1. The second-order valence-corrected chi connectivity index (χ2v) is 36.8. The van der Waals surface area contributed by atoms with E-state index in [-0.39, 0.29) is 53.3 Å². The topological polar surface area (TPSA) is 68.3 Å². The molecule has 0 spiro atoms. The Bertz CT molecular complexity index is 5960. The van der Waals surface area contributed by atoms with Crippen molar-refractivity contribution in [1.82, 2.24) is 0 Å². The predicted molar refractivity (Wildman–Crippen MR) is 482 cm³/mol. The molecule has 24 rings (SSSR count). The number of carbonyl (C=O) groups excluding carboxylic acids is 4. The summed E-state index contributed by atoms with van der Waals surface area (Å²) in [6.07, 6.45) is 67.2. The number of fused-ring (bicyclic) bond motifs is 32. The van der Waals surface area contributed by atoms with Crippen LogP contribution in [-0.2, 0) is 19.2 Å². The van der Waals surface area contributed by atoms with Crippen LogP contribution in [0.25, 0.3) is 57.3 Å². The average Bonchev–Trinajstić information content (AvgIpc) is 1.57. The largest absolute Gasteiger partial charge is 0.299 e. The van der Waals surface area contributed by atoms with Crippen LogP contribution in [0.15, 0.2) is 347 Å². The first kappa shape index (κ1) is 72.3. The monoisotopic (exact) mass is 1570 g/mol. The zero-order valence-electron chi connectivity index (χ0n) is 64.0. The Hall–Kier alpha value is -11.4. The molecule has 8 bridgehead atoms. The molecule has 6 aromatic carbocycles. The molecule has 8 unspecified atom stereocenters. The van der Waals surface area contributed by atoms with Gasteiger partial charge in [-0.1, -0.05) is 291 Å². The first-order chi connectivity index (χ1) is 57.2. The lowest BCUT2D eigenvalue weighted by molar-refractivity contribution is -0.122. The Morgan fingerprint density at radius 1 is 0.328 bits per heavy atom. The summed E-state index contributed by atoms with van der Waals surface area (Å²) in [6.45, 7) is 0. The van der Waals surface area contributed by atoms with Crippen molar-refractivity contribution in [1.29, 1.82) is 0 Å². The molecule has 4 nitrogen and oxygen atoms in total. The third-order valence-corrected chi connectivity index (χ3v) is 30.1. The van der Waals surface area contributed by atoms with Crippen LogP contribution in [0.3, 0.4) is 0 Å². The minimum atomic E-state index is -0.106. The minimum Gasteiger partial charge on any atom is -0.299 e. The van der Waals surface area contributed by atoms with E-state index in [1.165, 1.54) is 114 Å². The van der Waals surface area contributed by atoms with Crippen molar-refractivity contribution >= 4 is 105 Å². The van der Waals surface area contributed by atoms with E-state index in [1.54, 1.807) is 45.3 Å². The lowest BCUT2D eigenvalue weighted by Gasteiger charge is -2.39. The van der Waals surface area contributed by atoms with Crippen LogP contribution in [0.2, 0.25) is 0 Å². The minimum absolute atomic E-state index is 0.00881. The highest BCUT2D eigenvalue weighted by atomic mass is 32.1. The van der Waals surface area contributed by atoms with Crippen molar-refractivity contribution in [2.24, 2.45) is 59.2 Å². The van der Waals surface area contributed by atoms with Gasteiger partial charge in [-0.2, -0.15) is 0 Å². The van der Waals surface area contributed by atoms with Crippen LogP contribution < -0.4 is 0 Å². The molecule has 0 radical (unpaired) electrons. The van der Waals surface area contributed by atoms with Gasteiger partial charge in [0.25, 0.3) is 0 Å². The number of thiophene rings is 4. The van der Waals surface area contributed by atoms with E-state index in [1.807, 2.05) is 6.07 Å². The van der Waals surface area contributed by atoms with Crippen molar-refractivity contribution in [3.05, 3.63) is 435 Å². The molecule has 3 fully saturated rings. The maximum Gasteiger partial charge on any atom is 0.156 e. The number of hydrogen-bond donors (Lipinski definition) is 0. The predicted octanol–water partition coefficient (Wildman–Crippen LogP) is 26.3. The number of hydrogen-bond acceptors (Lipinski definition) is 8. The summed E-state index contributed by atoms with van der Waals surface area (Å²) < 4.78 is 0. The van der Waals surface area contributed by atoms with Gasteiger partial charge in [-0.15, -0.1) is 45.3 Å². The first-order valence-corrected chi connectivity index (χ1v) is 44.7. The Balaban J connectivity index is 0.0000000969. The van der Waals surface area contributed by atoms with E-state index < -0.39 is 0 Å². The summed E-state index contributed by atoms with van der Waals surface area (Å²) in [6, 6.07) is 59.9. The average molecular weight is 1570 g/mol. The van der Waals surface area contributed by atoms with Crippen molar-refractivity contribution in [3.63, 3.8) is 0 Å². The normalized spacial score (nSPS) is 27.7. The number of ketones is 4. The highest BCUT2D eigenvalue weighted by molar-refractivity contribution is 7.14. The van der Waals surface area contributed by atoms with Crippen LogP contribution in [-0.4, -0.2) is 23.1 Å². The SMILES string of the molecule is O=C1[C@@H]2C3C=CC(C4C=CC=CC4)=CC3[C@H]1C1C=CC(C3=CCCC=C3)=CC12.O=C1[C@@H]2c3ccc(-c4cccs4)cc3[C@H]1c1ccc(-c3cccs3)cc12.O=C1[C@@H]2c3ccc(/C=C/c4ccccc4)cc3[C@H]1C1C=CC(/C=C/C3C=CC=CC3)=CC12.O=C1[C@@H]2c3ccc(/C=C/c4cccs4)cc3[C@H]1c1ccc(/C=C/c3cccs3)cc12. The fourth-order valence-corrected chi connectivity index (χ4v) is 24.1. The lowest BCUT2D eigenvalue weighted by Crippen LogP contribution is -2.34. The van der Waals surface area contributed by atoms with Crippen LogP contribution >= 0.6 is 45.3 Å². The van der Waals surface area contributed by atoms with Crippen molar-refractivity contribution in [3.8, 4) is 20.9 Å². The summed E-state index contributed by atoms with van der Waals surface area (Å²) in [7, 11) is 0. The van der Waals surface area contributed by atoms with Gasteiger partial charge in [-0.3, -0.25) is 19.2 Å². The maximum atomic E-state index is 13.3. The number of allylic oxidation sites excluding steroid dienone is 26. The van der Waals surface area contributed by atoms with Gasteiger partial charge < -0.3 is 0 Å². The maximum absolute atomic E-state index is 13.3. The third-order valence-electron chi connectivity index (χ3n) is 26.6. The zero-order chi connectivity index (χ0) is 77.5. The van der Waals surface area contributed by atoms with E-state index in [2.05, 4.69) is 355 Å². The molecule has 564 valence electrons. The van der Waals surface area contributed by atoms with Crippen molar-refractivity contribution < 1.29 is 19.2 Å². The molecule has 10 aromatic rings. The van der Waals surface area contributed by atoms with Gasteiger partial charge in [-0.05, 0) is 248 Å². The molecule has 0 amide bonds. The van der Waals surface area contributed by atoms with Crippen molar-refractivity contribution in [2.45, 2.75) is 61.2 Å². The molecule has 0 saturated heterocycles. The molecule has 3 saturated carbocycles. The quantitative estimate of drug-likeness (QED) is 0.114. The number of carbonyl (C=O) groups is 4. The Morgan fingerprint density at radius 2 is 0.862 bits per heavy atom. The van der Waals surface area contributed by atoms with E-state index in [0.29, 0.717) is 64.6 Å². The van der Waals surface area contributed by atoms with Gasteiger partial charge in [0.15, 0.2) is 11.6 Å². The Morgan fingerprint density at radius 3 is 1.43 bits per heavy atom. The van der Waals surface area contributed by atoms with Crippen LogP contribution in [0.4, 0.5) is 0 Å². The number of benzene rings is 6. The second kappa shape index (κ2) is 30.7. The van der Waals surface area contributed by atoms with Crippen molar-refractivity contribution in [2.75, 3.05) is 0 Å². The van der Waals surface area contributed by atoms with E-state index in [0.717, 1.165) is 42.4 Å². The summed E-state index contributed by atoms with van der Waals surface area (Å²) in [5, 5.41) is 8.37. The molecule has 16 atom stereocenters. The van der Waals surface area contributed by atoms with Crippen LogP contribution in [0.5, 0.6) is 0 Å². The molecule has 14 aliphatic carbocycles. The first-order valence-electron chi connectivity index (χ1n) is 41.2. The van der Waals surface area contributed by atoms with Gasteiger partial charge in [0, 0.05) is 37.3 Å². The molecule has 8 heteroatoms. The molecule has 0 aliphatic heterocycles. The Kier molecular flexibility index (Phi) is 19.1. The van der Waals surface area contributed by atoms with Gasteiger partial charge in [-0.25, -0.2) is 0 Å². The smallest absolute Gasteiger partial charge is 0.156 e. The molecule has 4 aromatic heterocycles. The number of rotatable bonds is 12. The number of Topliss-reactive ketones (excluding diaryl/α,β-unsaturated/α-hetero) is 4. The molecule has 116 heavy (non-hydrogen) atoms. The fourth-order valence-electron chi connectivity index (χ4n) is 21.4. The molecule has 0 N–H and O–H groups in total. The summed E-state index contributed by atoms with van der Waals surface area (Å²) in [5.41, 5.74) is 24.5. The van der Waals surface area contributed by atoms with E-state index in [4.69, 9.17) is 0 Å². The van der Waals surface area contributed by atoms with Crippen LogP contribution in [0, 0.1) is 59.2 Å². The van der Waals surface area contributed by atoms with Crippen LogP contribution in [0.1, 0.15) is 149 Å². The molecule has 4 heterocycles. The molecular weight excluding hydrogens is 1490 g/mol. The molecule has 14 aliphatic rings. The molecular formula is C108H84O4S4. The van der Waals surface area contributed by atoms with Gasteiger partial charge in [0.2, 0.25) is 0 Å². The fraction of sp³-hybridized carbons (Fsp3) is 0.185. The van der Waals surface area contributed by atoms with Gasteiger partial charge in [0.05, 0.1) is 35.5 Å². The van der Waals surface area contributed by atoms with Gasteiger partial charge in [0.1, 0.15) is 11.6 Å². The lowest BCUT2D eigenvalue weighted by atomic mass is 9.64.